The van der Waals surface area contributed by atoms with Gasteiger partial charge in [-0.25, -0.2) is 0 Å². The number of nitrogens with zero attached hydrogens (tertiary/aromatic N) is 3. The summed E-state index contributed by atoms with van der Waals surface area (Å²) in [5.74, 6) is 0. The molecular formula is C54H35N3. The van der Waals surface area contributed by atoms with E-state index in [-0.39, 0.29) is 0 Å². The maximum atomic E-state index is 4.29. The van der Waals surface area contributed by atoms with Crippen molar-refractivity contribution in [3.63, 3.8) is 0 Å². The zero-order valence-corrected chi connectivity index (χ0v) is 31.0. The number of hydrogen-bond donors (Lipinski definition) is 0. The summed E-state index contributed by atoms with van der Waals surface area (Å²) >= 11 is 0. The molecule has 0 amide bonds. The molecule has 0 radical (unpaired) electrons. The molecule has 57 heavy (non-hydrogen) atoms. The molecule has 0 aliphatic rings. The van der Waals surface area contributed by atoms with Crippen molar-refractivity contribution in [3.05, 3.63) is 213 Å². The molecule has 0 bridgehead atoms. The Morgan fingerprint density at radius 3 is 1.23 bits per heavy atom. The van der Waals surface area contributed by atoms with Crippen LogP contribution < -0.4 is 4.90 Å². The molecule has 266 valence electrons. The lowest BCUT2D eigenvalue weighted by molar-refractivity contribution is 1.29. The fourth-order valence-corrected chi connectivity index (χ4v) is 8.33. The molecular weight excluding hydrogens is 691 g/mol. The van der Waals surface area contributed by atoms with Crippen molar-refractivity contribution < 1.29 is 0 Å². The number of benzene rings is 9. The van der Waals surface area contributed by atoms with E-state index in [0.717, 1.165) is 27.8 Å². The summed E-state index contributed by atoms with van der Waals surface area (Å²) in [6, 6.07) is 68.6. The molecule has 0 N–H and O–H groups in total. The monoisotopic (exact) mass is 725 g/mol. The van der Waals surface area contributed by atoms with Crippen LogP contribution in [0.25, 0.3) is 87.2 Å². The Morgan fingerprint density at radius 2 is 0.649 bits per heavy atom. The first-order valence-corrected chi connectivity index (χ1v) is 19.3. The Hall–Kier alpha value is -7.62. The normalized spacial score (nSPS) is 11.5. The van der Waals surface area contributed by atoms with Gasteiger partial charge in [0, 0.05) is 52.6 Å². The Labute approximate surface area is 330 Å². The molecule has 3 heteroatoms. The van der Waals surface area contributed by atoms with Crippen molar-refractivity contribution in [2.24, 2.45) is 0 Å². The molecule has 2 heterocycles. The highest BCUT2D eigenvalue weighted by Gasteiger charge is 2.15. The number of pyridine rings is 2. The van der Waals surface area contributed by atoms with Gasteiger partial charge in [-0.3, -0.25) is 9.97 Å². The second kappa shape index (κ2) is 13.6. The average Bonchev–Trinajstić information content (AvgIpc) is 3.29. The lowest BCUT2D eigenvalue weighted by Crippen LogP contribution is -2.09. The Bertz CT molecular complexity index is 3170. The minimum absolute atomic E-state index is 1.09. The van der Waals surface area contributed by atoms with Crippen LogP contribution in [0, 0.1) is 0 Å². The van der Waals surface area contributed by atoms with Crippen molar-refractivity contribution in [2.45, 2.75) is 0 Å². The average molecular weight is 726 g/mol. The van der Waals surface area contributed by atoms with Crippen LogP contribution in [0.3, 0.4) is 0 Å². The molecule has 0 aliphatic heterocycles. The molecule has 3 nitrogen and oxygen atoms in total. The molecule has 0 atom stereocenters. The van der Waals surface area contributed by atoms with Crippen LogP contribution >= 0.6 is 0 Å². The van der Waals surface area contributed by atoms with Crippen molar-refractivity contribution in [1.82, 2.24) is 9.97 Å². The first-order chi connectivity index (χ1) is 28.2. The summed E-state index contributed by atoms with van der Waals surface area (Å²) in [4.78, 5) is 10.9. The van der Waals surface area contributed by atoms with Crippen molar-refractivity contribution >= 4 is 70.9 Å². The van der Waals surface area contributed by atoms with Gasteiger partial charge in [-0.2, -0.15) is 0 Å². The second-order valence-corrected chi connectivity index (χ2v) is 14.8. The Kier molecular flexibility index (Phi) is 7.82. The summed E-state index contributed by atoms with van der Waals surface area (Å²) in [6.07, 6.45) is 7.54. The first-order valence-electron chi connectivity index (χ1n) is 19.3. The van der Waals surface area contributed by atoms with Gasteiger partial charge >= 0.3 is 0 Å². The molecule has 9 aromatic carbocycles. The van der Waals surface area contributed by atoms with Gasteiger partial charge in [-0.15, -0.1) is 0 Å². The van der Waals surface area contributed by atoms with Gasteiger partial charge in [0.1, 0.15) is 0 Å². The maximum absolute atomic E-state index is 4.29. The van der Waals surface area contributed by atoms with Gasteiger partial charge in [0.2, 0.25) is 0 Å². The molecule has 0 fully saturated rings. The largest absolute Gasteiger partial charge is 0.310 e. The molecule has 2 aromatic heterocycles. The summed E-state index contributed by atoms with van der Waals surface area (Å²) in [6.45, 7) is 0. The van der Waals surface area contributed by atoms with Crippen LogP contribution in [0.1, 0.15) is 0 Å². The molecule has 0 saturated heterocycles. The summed E-state index contributed by atoms with van der Waals surface area (Å²) in [7, 11) is 0. The fourth-order valence-electron chi connectivity index (χ4n) is 8.33. The third-order valence-corrected chi connectivity index (χ3v) is 11.4. The Balaban J connectivity index is 0.981. The predicted octanol–water partition coefficient (Wildman–Crippen LogP) is 14.7. The zero-order valence-electron chi connectivity index (χ0n) is 31.0. The van der Waals surface area contributed by atoms with Crippen LogP contribution in [0.15, 0.2) is 213 Å². The van der Waals surface area contributed by atoms with Crippen LogP contribution in [0.2, 0.25) is 0 Å². The third-order valence-electron chi connectivity index (χ3n) is 11.4. The minimum Gasteiger partial charge on any atom is -0.310 e. The van der Waals surface area contributed by atoms with Gasteiger partial charge in [0.15, 0.2) is 0 Å². The van der Waals surface area contributed by atoms with E-state index in [1.165, 1.54) is 76.5 Å². The highest BCUT2D eigenvalue weighted by atomic mass is 15.1. The molecule has 11 rings (SSSR count). The van der Waals surface area contributed by atoms with E-state index >= 15 is 0 Å². The number of rotatable bonds is 6. The van der Waals surface area contributed by atoms with Gasteiger partial charge in [0.25, 0.3) is 0 Å². The lowest BCUT2D eigenvalue weighted by atomic mass is 9.96. The van der Waals surface area contributed by atoms with Crippen LogP contribution in [0.5, 0.6) is 0 Å². The van der Waals surface area contributed by atoms with E-state index in [4.69, 9.17) is 0 Å². The number of anilines is 3. The molecule has 0 saturated carbocycles. The van der Waals surface area contributed by atoms with E-state index in [1.807, 2.05) is 24.8 Å². The van der Waals surface area contributed by atoms with E-state index in [9.17, 15) is 0 Å². The molecule has 0 spiro atoms. The van der Waals surface area contributed by atoms with Crippen molar-refractivity contribution in [3.8, 4) is 33.4 Å². The molecule has 11 aromatic rings. The molecule has 0 aliphatic carbocycles. The van der Waals surface area contributed by atoms with Gasteiger partial charge in [0.05, 0.1) is 0 Å². The maximum Gasteiger partial charge on any atom is 0.0468 e. The van der Waals surface area contributed by atoms with E-state index in [0.29, 0.717) is 0 Å². The summed E-state index contributed by atoms with van der Waals surface area (Å²) < 4.78 is 0. The standard InChI is InChI=1S/C54H35N3/c1-2-4-39-29-42(6-5-36(39)3-1)43-17-23-53-46(32-43)9-10-47-33-52(22-24-54(47)53)57(50-18-13-37(14-19-50)40-7-11-48-34-55-27-25-44(48)30-40)51-20-15-38(16-21-51)41-8-12-49-35-56-28-26-45(49)31-41/h1-35H. The van der Waals surface area contributed by atoms with E-state index in [1.54, 1.807) is 0 Å². The molecule has 0 unspecified atom stereocenters. The third kappa shape index (κ3) is 6.03. The SMILES string of the molecule is c1ccc2cc(-c3ccc4c(ccc5cc(N(c6ccc(-c7ccc8cnccc8c7)cc6)c6ccc(-c7ccc8cnccc8c7)cc6)ccc54)c3)ccc2c1. The number of hydrogen-bond acceptors (Lipinski definition) is 3. The number of aromatic nitrogens is 2. The van der Waals surface area contributed by atoms with Crippen LogP contribution in [0.4, 0.5) is 17.1 Å². The second-order valence-electron chi connectivity index (χ2n) is 14.8. The summed E-state index contributed by atoms with van der Waals surface area (Å²) in [5, 5.41) is 12.1. The minimum atomic E-state index is 1.09. The van der Waals surface area contributed by atoms with Gasteiger partial charge in [-0.05, 0) is 149 Å². The summed E-state index contributed by atoms with van der Waals surface area (Å²) in [5.41, 5.74) is 10.5. The van der Waals surface area contributed by atoms with Gasteiger partial charge < -0.3 is 4.90 Å². The quantitative estimate of drug-likeness (QED) is 0.160. The predicted molar refractivity (Wildman–Crippen MR) is 241 cm³/mol. The topological polar surface area (TPSA) is 29.0 Å². The highest BCUT2D eigenvalue weighted by Crippen LogP contribution is 2.40. The highest BCUT2D eigenvalue weighted by molar-refractivity contribution is 6.09. The number of fused-ring (bicyclic) bond motifs is 6. The van der Waals surface area contributed by atoms with E-state index < -0.39 is 0 Å². The van der Waals surface area contributed by atoms with E-state index in [2.05, 4.69) is 203 Å². The van der Waals surface area contributed by atoms with Crippen LogP contribution in [-0.4, -0.2) is 9.97 Å². The van der Waals surface area contributed by atoms with Gasteiger partial charge in [-0.1, -0.05) is 115 Å². The lowest BCUT2D eigenvalue weighted by Gasteiger charge is -2.26. The fraction of sp³-hybridized carbons (Fsp3) is 0. The first kappa shape index (κ1) is 32.8. The van der Waals surface area contributed by atoms with Crippen molar-refractivity contribution in [1.29, 1.82) is 0 Å². The smallest absolute Gasteiger partial charge is 0.0468 e. The zero-order chi connectivity index (χ0) is 37.7. The van der Waals surface area contributed by atoms with Crippen molar-refractivity contribution in [2.75, 3.05) is 4.90 Å². The van der Waals surface area contributed by atoms with Crippen LogP contribution in [-0.2, 0) is 0 Å². The Morgan fingerprint density at radius 1 is 0.263 bits per heavy atom.